The van der Waals surface area contributed by atoms with Crippen molar-refractivity contribution in [2.24, 2.45) is 7.05 Å². The van der Waals surface area contributed by atoms with Gasteiger partial charge in [-0.3, -0.25) is 5.10 Å². The van der Waals surface area contributed by atoms with Crippen LogP contribution in [0.2, 0.25) is 0 Å². The van der Waals surface area contributed by atoms with Gasteiger partial charge in [-0.25, -0.2) is 4.98 Å². The Balaban J connectivity index is 1.69. The van der Waals surface area contributed by atoms with Gasteiger partial charge >= 0.3 is 0 Å². The molecule has 5 nitrogen and oxygen atoms in total. The summed E-state index contributed by atoms with van der Waals surface area (Å²) in [6.45, 7) is 2.02. The molecule has 0 spiro atoms. The Labute approximate surface area is 146 Å². The van der Waals surface area contributed by atoms with Crippen LogP contribution in [0, 0.1) is 6.92 Å². The average molecular weight is 331 g/mol. The Morgan fingerprint density at radius 1 is 0.960 bits per heavy atom. The van der Waals surface area contributed by atoms with E-state index in [0.717, 1.165) is 39.4 Å². The maximum Gasteiger partial charge on any atom is 0.106 e. The molecule has 0 aliphatic heterocycles. The molecule has 0 amide bonds. The van der Waals surface area contributed by atoms with Crippen LogP contribution in [0.4, 0.5) is 5.69 Å². The molecular weight excluding hydrogens is 310 g/mol. The SMILES string of the molecule is Cc1nc2cc(-c3cc(-c4ccc(N(C)C)cc4)[nH]n3)ccc2n1C. The molecule has 0 aliphatic rings. The predicted octanol–water partition coefficient (Wildman–Crippen LogP) is 4.00. The summed E-state index contributed by atoms with van der Waals surface area (Å²) in [5.41, 5.74) is 7.44. The number of fused-ring (bicyclic) bond motifs is 1. The molecule has 1 N–H and O–H groups in total. The second-order valence-electron chi connectivity index (χ2n) is 6.53. The fourth-order valence-electron chi connectivity index (χ4n) is 3.04. The second kappa shape index (κ2) is 5.77. The highest BCUT2D eigenvalue weighted by Crippen LogP contribution is 2.27. The number of rotatable bonds is 3. The summed E-state index contributed by atoms with van der Waals surface area (Å²) < 4.78 is 2.10. The standard InChI is InChI=1S/C20H21N5/c1-13-21-19-11-15(7-10-20(19)25(13)4)18-12-17(22-23-18)14-5-8-16(9-6-14)24(2)3/h5-12H,1-4H3,(H,22,23). The Kier molecular flexibility index (Phi) is 3.57. The first-order valence-corrected chi connectivity index (χ1v) is 8.29. The molecule has 0 atom stereocenters. The average Bonchev–Trinajstić information content (AvgIpc) is 3.20. The molecule has 0 saturated carbocycles. The summed E-state index contributed by atoms with van der Waals surface area (Å²) in [6.07, 6.45) is 0. The van der Waals surface area contributed by atoms with E-state index < -0.39 is 0 Å². The molecule has 2 heterocycles. The lowest BCUT2D eigenvalue weighted by Crippen LogP contribution is -2.07. The molecule has 2 aromatic carbocycles. The van der Waals surface area contributed by atoms with E-state index in [9.17, 15) is 0 Å². The number of anilines is 1. The molecule has 4 rings (SSSR count). The summed E-state index contributed by atoms with van der Waals surface area (Å²) in [6, 6.07) is 16.8. The Bertz CT molecular complexity index is 1040. The van der Waals surface area contributed by atoms with Gasteiger partial charge in [-0.1, -0.05) is 18.2 Å². The highest BCUT2D eigenvalue weighted by atomic mass is 15.1. The molecule has 0 fully saturated rings. The van der Waals surface area contributed by atoms with Gasteiger partial charge in [0.2, 0.25) is 0 Å². The fraction of sp³-hybridized carbons (Fsp3) is 0.200. The summed E-state index contributed by atoms with van der Waals surface area (Å²) in [7, 11) is 6.12. The van der Waals surface area contributed by atoms with Crippen molar-refractivity contribution in [1.29, 1.82) is 0 Å². The number of aryl methyl sites for hydroxylation is 2. The van der Waals surface area contributed by atoms with Crippen LogP contribution in [-0.2, 0) is 7.05 Å². The van der Waals surface area contributed by atoms with E-state index in [2.05, 4.69) is 73.2 Å². The Morgan fingerprint density at radius 2 is 1.68 bits per heavy atom. The minimum Gasteiger partial charge on any atom is -0.378 e. The minimum absolute atomic E-state index is 0.928. The molecule has 0 saturated heterocycles. The molecule has 0 unspecified atom stereocenters. The molecule has 4 aromatic rings. The molecule has 2 aromatic heterocycles. The summed E-state index contributed by atoms with van der Waals surface area (Å²) in [5, 5.41) is 7.63. The lowest BCUT2D eigenvalue weighted by Gasteiger charge is -2.12. The lowest BCUT2D eigenvalue weighted by molar-refractivity contribution is 0.886. The zero-order chi connectivity index (χ0) is 17.6. The molecule has 25 heavy (non-hydrogen) atoms. The molecular formula is C20H21N5. The van der Waals surface area contributed by atoms with Crippen LogP contribution in [0.15, 0.2) is 48.5 Å². The molecule has 0 aliphatic carbocycles. The normalized spacial score (nSPS) is 11.2. The molecule has 5 heteroatoms. The highest BCUT2D eigenvalue weighted by Gasteiger charge is 2.10. The topological polar surface area (TPSA) is 49.7 Å². The van der Waals surface area contributed by atoms with Gasteiger partial charge in [0.15, 0.2) is 0 Å². The number of H-pyrrole nitrogens is 1. The third-order valence-corrected chi connectivity index (χ3v) is 4.67. The third-order valence-electron chi connectivity index (χ3n) is 4.67. The zero-order valence-electron chi connectivity index (χ0n) is 14.9. The quantitative estimate of drug-likeness (QED) is 0.617. The van der Waals surface area contributed by atoms with Crippen molar-refractivity contribution in [2.75, 3.05) is 19.0 Å². The van der Waals surface area contributed by atoms with Gasteiger partial charge < -0.3 is 9.47 Å². The Hall–Kier alpha value is -3.08. The van der Waals surface area contributed by atoms with Crippen LogP contribution in [0.1, 0.15) is 5.82 Å². The van der Waals surface area contributed by atoms with E-state index in [1.54, 1.807) is 0 Å². The van der Waals surface area contributed by atoms with Crippen LogP contribution >= 0.6 is 0 Å². The van der Waals surface area contributed by atoms with E-state index >= 15 is 0 Å². The van der Waals surface area contributed by atoms with E-state index in [-0.39, 0.29) is 0 Å². The van der Waals surface area contributed by atoms with Crippen LogP contribution in [0.25, 0.3) is 33.5 Å². The van der Waals surface area contributed by atoms with Crippen molar-refractivity contribution in [1.82, 2.24) is 19.7 Å². The second-order valence-corrected chi connectivity index (χ2v) is 6.53. The largest absolute Gasteiger partial charge is 0.378 e. The lowest BCUT2D eigenvalue weighted by atomic mass is 10.1. The molecule has 0 radical (unpaired) electrons. The highest BCUT2D eigenvalue weighted by molar-refractivity contribution is 5.82. The number of aromatic amines is 1. The van der Waals surface area contributed by atoms with Gasteiger partial charge in [-0.2, -0.15) is 5.10 Å². The molecule has 126 valence electrons. The van der Waals surface area contributed by atoms with Crippen LogP contribution in [-0.4, -0.2) is 33.8 Å². The van der Waals surface area contributed by atoms with Crippen molar-refractivity contribution in [2.45, 2.75) is 6.92 Å². The van der Waals surface area contributed by atoms with Crippen molar-refractivity contribution in [3.8, 4) is 22.5 Å². The van der Waals surface area contributed by atoms with Gasteiger partial charge in [0, 0.05) is 32.4 Å². The summed E-state index contributed by atoms with van der Waals surface area (Å²) >= 11 is 0. The number of hydrogen-bond donors (Lipinski definition) is 1. The maximum atomic E-state index is 4.61. The molecule has 0 bridgehead atoms. The van der Waals surface area contributed by atoms with Crippen molar-refractivity contribution in [3.63, 3.8) is 0 Å². The fourth-order valence-corrected chi connectivity index (χ4v) is 3.04. The van der Waals surface area contributed by atoms with E-state index in [4.69, 9.17) is 0 Å². The number of aromatic nitrogens is 4. The predicted molar refractivity (Wildman–Crippen MR) is 103 cm³/mol. The van der Waals surface area contributed by atoms with Gasteiger partial charge in [-0.15, -0.1) is 0 Å². The van der Waals surface area contributed by atoms with Gasteiger partial charge in [0.05, 0.1) is 22.4 Å². The zero-order valence-corrected chi connectivity index (χ0v) is 14.9. The smallest absolute Gasteiger partial charge is 0.106 e. The first kappa shape index (κ1) is 15.4. The number of nitrogens with zero attached hydrogens (tertiary/aromatic N) is 4. The minimum atomic E-state index is 0.928. The monoisotopic (exact) mass is 331 g/mol. The van der Waals surface area contributed by atoms with Gasteiger partial charge in [0.25, 0.3) is 0 Å². The number of imidazole rings is 1. The van der Waals surface area contributed by atoms with Crippen LogP contribution in [0.5, 0.6) is 0 Å². The first-order valence-electron chi connectivity index (χ1n) is 8.29. The van der Waals surface area contributed by atoms with Crippen molar-refractivity contribution in [3.05, 3.63) is 54.4 Å². The summed E-state index contributed by atoms with van der Waals surface area (Å²) in [4.78, 5) is 6.70. The number of benzene rings is 2. The van der Waals surface area contributed by atoms with Crippen molar-refractivity contribution >= 4 is 16.7 Å². The van der Waals surface area contributed by atoms with E-state index in [0.29, 0.717) is 0 Å². The summed E-state index contributed by atoms with van der Waals surface area (Å²) in [5.74, 6) is 1.01. The van der Waals surface area contributed by atoms with Crippen LogP contribution < -0.4 is 4.90 Å². The van der Waals surface area contributed by atoms with Crippen LogP contribution in [0.3, 0.4) is 0 Å². The maximum absolute atomic E-state index is 4.61. The van der Waals surface area contributed by atoms with Gasteiger partial charge in [0.1, 0.15) is 5.82 Å². The van der Waals surface area contributed by atoms with Crippen molar-refractivity contribution < 1.29 is 0 Å². The van der Waals surface area contributed by atoms with E-state index in [1.165, 1.54) is 5.69 Å². The third kappa shape index (κ3) is 2.67. The Morgan fingerprint density at radius 3 is 2.40 bits per heavy atom. The number of nitrogens with one attached hydrogen (secondary N) is 1. The van der Waals surface area contributed by atoms with E-state index in [1.807, 2.05) is 28.1 Å². The van der Waals surface area contributed by atoms with Gasteiger partial charge in [-0.05, 0) is 42.8 Å². The first-order chi connectivity index (χ1) is 12.0. The number of hydrogen-bond acceptors (Lipinski definition) is 3.